The molecule has 1 aromatic carbocycles. The average molecular weight is 233 g/mol. The minimum atomic E-state index is -0.457. The fourth-order valence-electron chi connectivity index (χ4n) is 1.77. The number of hydrogen-bond donors (Lipinski definition) is 0. The van der Waals surface area contributed by atoms with Crippen molar-refractivity contribution in [2.45, 2.75) is 19.4 Å². The third-order valence-corrected chi connectivity index (χ3v) is 2.55. The lowest BCUT2D eigenvalue weighted by molar-refractivity contribution is -0.384. The molecule has 0 amide bonds. The van der Waals surface area contributed by atoms with Gasteiger partial charge in [-0.2, -0.15) is 0 Å². The number of nitrogens with zero attached hydrogens (tertiary/aromatic N) is 1. The van der Waals surface area contributed by atoms with Crippen molar-refractivity contribution < 1.29 is 14.5 Å². The normalized spacial score (nSPS) is 19.5. The first-order valence-electron chi connectivity index (χ1n) is 5.18. The van der Waals surface area contributed by atoms with E-state index in [0.717, 1.165) is 5.56 Å². The van der Waals surface area contributed by atoms with Gasteiger partial charge in [-0.3, -0.25) is 14.9 Å². The van der Waals surface area contributed by atoms with E-state index in [1.165, 1.54) is 18.2 Å². The van der Waals surface area contributed by atoms with Crippen LogP contribution in [0.25, 0.3) is 0 Å². The van der Waals surface area contributed by atoms with Crippen molar-refractivity contribution in [2.75, 3.05) is 0 Å². The second-order valence-electron chi connectivity index (χ2n) is 3.88. The molecule has 1 heterocycles. The lowest BCUT2D eigenvalue weighted by Crippen LogP contribution is -2.14. The van der Waals surface area contributed by atoms with E-state index < -0.39 is 4.92 Å². The van der Waals surface area contributed by atoms with Gasteiger partial charge in [-0.15, -0.1) is 0 Å². The van der Waals surface area contributed by atoms with Crippen LogP contribution in [0.5, 0.6) is 0 Å². The van der Waals surface area contributed by atoms with Crippen molar-refractivity contribution in [3.05, 3.63) is 51.8 Å². The highest BCUT2D eigenvalue weighted by molar-refractivity contribution is 5.91. The lowest BCUT2D eigenvalue weighted by Gasteiger charge is -2.22. The molecule has 0 saturated carbocycles. The van der Waals surface area contributed by atoms with Crippen LogP contribution >= 0.6 is 0 Å². The number of rotatable bonds is 2. The maximum Gasteiger partial charge on any atom is 0.269 e. The molecule has 88 valence electrons. The van der Waals surface area contributed by atoms with Crippen LogP contribution in [-0.4, -0.2) is 10.7 Å². The molecule has 0 fully saturated rings. The number of allylic oxidation sites excluding steroid dienone is 2. The number of carbonyl (C=O) groups excluding carboxylic acids is 1. The quantitative estimate of drug-likeness (QED) is 0.581. The van der Waals surface area contributed by atoms with Gasteiger partial charge in [0, 0.05) is 18.2 Å². The molecule has 0 N–H and O–H groups in total. The number of benzene rings is 1. The summed E-state index contributed by atoms with van der Waals surface area (Å²) in [6.45, 7) is 1.72. The first kappa shape index (κ1) is 11.3. The minimum absolute atomic E-state index is 0.0112. The Labute approximate surface area is 97.9 Å². The number of nitro groups is 1. The van der Waals surface area contributed by atoms with Gasteiger partial charge in [0.2, 0.25) is 0 Å². The summed E-state index contributed by atoms with van der Waals surface area (Å²) in [5, 5.41) is 10.5. The van der Waals surface area contributed by atoms with Crippen LogP contribution in [0.4, 0.5) is 5.69 Å². The summed E-state index contributed by atoms with van der Waals surface area (Å²) in [7, 11) is 0. The predicted molar refractivity (Wildman–Crippen MR) is 60.3 cm³/mol. The zero-order chi connectivity index (χ0) is 12.4. The maximum atomic E-state index is 11.4. The minimum Gasteiger partial charge on any atom is -0.490 e. The van der Waals surface area contributed by atoms with Crippen molar-refractivity contribution in [2.24, 2.45) is 0 Å². The summed E-state index contributed by atoms with van der Waals surface area (Å²) in [5.41, 5.74) is 0.805. The SMILES string of the molecule is CC1=CC(=O)CC(c2ccc([N+](=O)[O-])cc2)O1. The first-order chi connectivity index (χ1) is 8.06. The predicted octanol–water partition coefficient (Wildman–Crippen LogP) is 2.53. The summed E-state index contributed by atoms with van der Waals surface area (Å²) >= 11 is 0. The Kier molecular flexibility index (Phi) is 2.91. The standard InChI is InChI=1S/C12H11NO4/c1-8-6-11(14)7-12(17-8)9-2-4-10(5-3-9)13(15)16/h2-6,12H,7H2,1H3. The number of carbonyl (C=O) groups is 1. The van der Waals surface area contributed by atoms with E-state index in [1.54, 1.807) is 19.1 Å². The molecule has 0 saturated heterocycles. The number of ketones is 1. The number of hydrogen-bond acceptors (Lipinski definition) is 4. The third-order valence-electron chi connectivity index (χ3n) is 2.55. The van der Waals surface area contributed by atoms with Crippen molar-refractivity contribution >= 4 is 11.5 Å². The number of non-ortho nitro benzene ring substituents is 1. The fraction of sp³-hybridized carbons (Fsp3) is 0.250. The van der Waals surface area contributed by atoms with E-state index >= 15 is 0 Å². The summed E-state index contributed by atoms with van der Waals surface area (Å²) in [6.07, 6.45) is 1.39. The molecule has 0 aliphatic carbocycles. The zero-order valence-electron chi connectivity index (χ0n) is 9.25. The molecule has 0 radical (unpaired) electrons. The van der Waals surface area contributed by atoms with Gasteiger partial charge in [-0.05, 0) is 24.6 Å². The van der Waals surface area contributed by atoms with E-state index in [9.17, 15) is 14.9 Å². The van der Waals surface area contributed by atoms with Gasteiger partial charge >= 0.3 is 0 Å². The number of nitro benzene ring substituents is 1. The summed E-state index contributed by atoms with van der Waals surface area (Å²) in [4.78, 5) is 21.4. The van der Waals surface area contributed by atoms with Crippen LogP contribution in [0.2, 0.25) is 0 Å². The summed E-state index contributed by atoms with van der Waals surface area (Å²) in [6, 6.07) is 6.07. The fourth-order valence-corrected chi connectivity index (χ4v) is 1.77. The molecule has 1 unspecified atom stereocenters. The Morgan fingerprint density at radius 2 is 2.00 bits per heavy atom. The molecule has 0 bridgehead atoms. The van der Waals surface area contributed by atoms with Crippen molar-refractivity contribution in [3.8, 4) is 0 Å². The van der Waals surface area contributed by atoms with Crippen LogP contribution in [0.3, 0.4) is 0 Å². The lowest BCUT2D eigenvalue weighted by atomic mass is 10.0. The molecule has 5 nitrogen and oxygen atoms in total. The Morgan fingerprint density at radius 1 is 1.35 bits per heavy atom. The van der Waals surface area contributed by atoms with Crippen LogP contribution in [0, 0.1) is 10.1 Å². The van der Waals surface area contributed by atoms with Gasteiger partial charge < -0.3 is 4.74 Å². The van der Waals surface area contributed by atoms with E-state index in [4.69, 9.17) is 4.74 Å². The second kappa shape index (κ2) is 4.37. The topological polar surface area (TPSA) is 69.4 Å². The molecule has 1 aromatic rings. The van der Waals surface area contributed by atoms with Gasteiger partial charge in [0.15, 0.2) is 5.78 Å². The summed E-state index contributed by atoms with van der Waals surface area (Å²) in [5.74, 6) is 0.585. The molecule has 1 aliphatic rings. The van der Waals surface area contributed by atoms with Crippen LogP contribution in [-0.2, 0) is 9.53 Å². The molecule has 17 heavy (non-hydrogen) atoms. The second-order valence-corrected chi connectivity index (χ2v) is 3.88. The van der Waals surface area contributed by atoms with E-state index in [0.29, 0.717) is 5.76 Å². The molecule has 0 aromatic heterocycles. The molecule has 0 spiro atoms. The summed E-state index contributed by atoms with van der Waals surface area (Å²) < 4.78 is 5.51. The molecular formula is C12H11NO4. The van der Waals surface area contributed by atoms with E-state index in [-0.39, 0.29) is 24.0 Å². The van der Waals surface area contributed by atoms with Crippen LogP contribution in [0.1, 0.15) is 25.0 Å². The number of ether oxygens (including phenoxy) is 1. The van der Waals surface area contributed by atoms with Crippen molar-refractivity contribution in [3.63, 3.8) is 0 Å². The molecule has 1 atom stereocenters. The van der Waals surface area contributed by atoms with Crippen LogP contribution in [0.15, 0.2) is 36.1 Å². The Bertz CT molecular complexity index is 490. The van der Waals surface area contributed by atoms with E-state index in [1.807, 2.05) is 0 Å². The largest absolute Gasteiger partial charge is 0.490 e. The third kappa shape index (κ3) is 2.50. The average Bonchev–Trinajstić information content (AvgIpc) is 2.28. The highest BCUT2D eigenvalue weighted by atomic mass is 16.6. The van der Waals surface area contributed by atoms with Crippen molar-refractivity contribution in [1.82, 2.24) is 0 Å². The van der Waals surface area contributed by atoms with Gasteiger partial charge in [-0.1, -0.05) is 0 Å². The molecule has 1 aliphatic heterocycles. The van der Waals surface area contributed by atoms with Gasteiger partial charge in [-0.25, -0.2) is 0 Å². The van der Waals surface area contributed by atoms with Gasteiger partial charge in [0.1, 0.15) is 6.10 Å². The zero-order valence-corrected chi connectivity index (χ0v) is 9.25. The maximum absolute atomic E-state index is 11.4. The Morgan fingerprint density at radius 3 is 2.53 bits per heavy atom. The molecule has 5 heteroatoms. The van der Waals surface area contributed by atoms with Gasteiger partial charge in [0.05, 0.1) is 17.1 Å². The monoisotopic (exact) mass is 233 g/mol. The van der Waals surface area contributed by atoms with Gasteiger partial charge in [0.25, 0.3) is 5.69 Å². The molecule has 2 rings (SSSR count). The van der Waals surface area contributed by atoms with Crippen molar-refractivity contribution in [1.29, 1.82) is 0 Å². The Hall–Kier alpha value is -2.17. The van der Waals surface area contributed by atoms with Crippen LogP contribution < -0.4 is 0 Å². The highest BCUT2D eigenvalue weighted by Crippen LogP contribution is 2.29. The first-order valence-corrected chi connectivity index (χ1v) is 5.18. The highest BCUT2D eigenvalue weighted by Gasteiger charge is 2.22. The molecular weight excluding hydrogens is 222 g/mol. The van der Waals surface area contributed by atoms with E-state index in [2.05, 4.69) is 0 Å². The smallest absolute Gasteiger partial charge is 0.269 e. The Balaban J connectivity index is 2.21.